The van der Waals surface area contributed by atoms with Crippen LogP contribution in [0.15, 0.2) is 16.9 Å². The monoisotopic (exact) mass is 590 g/mol. The highest BCUT2D eigenvalue weighted by Gasteiger charge is 2.60. The fraction of sp³-hybridized carbons (Fsp3) is 0.667. The van der Waals surface area contributed by atoms with E-state index in [2.05, 4.69) is 26.2 Å². The number of tetrazole rings is 1. The maximum Gasteiger partial charge on any atom is 0.353 e. The fourth-order valence-corrected chi connectivity index (χ4v) is 7.65. The molecule has 0 unspecified atom stereocenters. The Morgan fingerprint density at radius 2 is 1.93 bits per heavy atom. The van der Waals surface area contributed by atoms with Crippen LogP contribution >= 0.6 is 11.8 Å². The Bertz CT molecular complexity index is 1250. The van der Waals surface area contributed by atoms with Crippen LogP contribution in [0.25, 0.3) is 0 Å². The Labute approximate surface area is 240 Å². The maximum atomic E-state index is 13.2. The number of rotatable bonds is 9. The lowest BCUT2D eigenvalue weighted by atomic mass is 9.78. The van der Waals surface area contributed by atoms with Crippen LogP contribution in [0.4, 0.5) is 0 Å². The molecule has 0 radical (unpaired) electrons. The number of carboxylic acids is 1. The molecule has 5 N–H and O–H groups in total. The Balaban J connectivity index is 1.19. The minimum Gasteiger partial charge on any atom is -0.477 e. The van der Waals surface area contributed by atoms with Gasteiger partial charge in [0.2, 0.25) is 23.6 Å². The summed E-state index contributed by atoms with van der Waals surface area (Å²) in [5.41, 5.74) is 5.42. The summed E-state index contributed by atoms with van der Waals surface area (Å²) in [6, 6.07) is -1.32. The van der Waals surface area contributed by atoms with Crippen molar-refractivity contribution in [2.45, 2.75) is 50.2 Å². The summed E-state index contributed by atoms with van der Waals surface area (Å²) in [4.78, 5) is 68.3. The van der Waals surface area contributed by atoms with E-state index in [9.17, 15) is 29.1 Å². The summed E-state index contributed by atoms with van der Waals surface area (Å²) < 4.78 is 1.27. The number of aliphatic carboxylic acids is 1. The number of aromatic nitrogens is 4. The number of carbonyl (C=O) groups is 5. The van der Waals surface area contributed by atoms with Gasteiger partial charge < -0.3 is 36.2 Å². The number of fused-ring (bicyclic) bond motifs is 1. The van der Waals surface area contributed by atoms with E-state index < -0.39 is 30.0 Å². The predicted octanol–water partition coefficient (Wildman–Crippen LogP) is -2.96. The van der Waals surface area contributed by atoms with Crippen LogP contribution in [0, 0.1) is 11.8 Å². The van der Waals surface area contributed by atoms with E-state index in [-0.39, 0.29) is 53.6 Å². The molecule has 4 amide bonds. The second kappa shape index (κ2) is 11.7. The molecule has 17 heteroatoms. The number of carboxylic acid groups (broad SMARTS) is 1. The molecular formula is C24H34N10O6S. The molecule has 222 valence electrons. The van der Waals surface area contributed by atoms with Gasteiger partial charge in [0.25, 0.3) is 0 Å². The van der Waals surface area contributed by atoms with Crippen molar-refractivity contribution in [3.8, 4) is 0 Å². The molecule has 5 heterocycles. The molecule has 1 aromatic rings. The summed E-state index contributed by atoms with van der Waals surface area (Å²) in [7, 11) is 0. The third kappa shape index (κ3) is 5.52. The van der Waals surface area contributed by atoms with Crippen molar-refractivity contribution < 1.29 is 29.1 Å². The summed E-state index contributed by atoms with van der Waals surface area (Å²) in [5, 5.41) is 26.7. The van der Waals surface area contributed by atoms with E-state index in [1.54, 1.807) is 16.7 Å². The van der Waals surface area contributed by atoms with Gasteiger partial charge in [0, 0.05) is 54.8 Å². The van der Waals surface area contributed by atoms with Gasteiger partial charge in [-0.05, 0) is 23.8 Å². The first kappa shape index (κ1) is 28.9. The highest BCUT2D eigenvalue weighted by molar-refractivity contribution is 8.03. The van der Waals surface area contributed by atoms with Crippen molar-refractivity contribution in [1.82, 2.24) is 45.5 Å². The van der Waals surface area contributed by atoms with Crippen molar-refractivity contribution in [1.29, 1.82) is 0 Å². The lowest BCUT2D eigenvalue weighted by Gasteiger charge is -2.47. The molecule has 0 saturated carbocycles. The summed E-state index contributed by atoms with van der Waals surface area (Å²) in [6.07, 6.45) is 1.83. The summed E-state index contributed by atoms with van der Waals surface area (Å²) >= 11 is 1.41. The number of carbonyl (C=O) groups excluding carboxylic acids is 4. The van der Waals surface area contributed by atoms with Crippen LogP contribution < -0.4 is 16.4 Å². The van der Waals surface area contributed by atoms with E-state index in [1.807, 2.05) is 6.92 Å². The van der Waals surface area contributed by atoms with Gasteiger partial charge in [0.15, 0.2) is 0 Å². The van der Waals surface area contributed by atoms with Crippen molar-refractivity contribution in [2.24, 2.45) is 17.6 Å². The maximum absolute atomic E-state index is 13.2. The molecule has 0 aliphatic carbocycles. The van der Waals surface area contributed by atoms with Crippen molar-refractivity contribution in [3.63, 3.8) is 0 Å². The number of β-lactam (4-membered cyclic amide) rings is 1. The SMILES string of the molecule is C[C@@H](NC(=O)Cn1cnnn1)[C@H]1C(=O)N2C(C(=O)O)=C(S[C@@H]3CN[C@H](C(=O)N4CCN(C(=O)CN)CC4)C3)[C@H](C)[C@H]12. The number of piperazine rings is 1. The van der Waals surface area contributed by atoms with E-state index in [0.29, 0.717) is 44.0 Å². The van der Waals surface area contributed by atoms with E-state index in [1.165, 1.54) is 27.7 Å². The Kier molecular flexibility index (Phi) is 8.28. The second-order valence-corrected chi connectivity index (χ2v) is 12.1. The van der Waals surface area contributed by atoms with Gasteiger partial charge in [0.05, 0.1) is 24.5 Å². The molecule has 5 rings (SSSR count). The van der Waals surface area contributed by atoms with Crippen LogP contribution in [0.3, 0.4) is 0 Å². The van der Waals surface area contributed by atoms with E-state index in [0.717, 1.165) is 0 Å². The number of hydrogen-bond acceptors (Lipinski definition) is 11. The average Bonchev–Trinajstić information content (AvgIpc) is 3.68. The molecule has 3 fully saturated rings. The van der Waals surface area contributed by atoms with Gasteiger partial charge in [-0.3, -0.25) is 19.2 Å². The highest BCUT2D eigenvalue weighted by Crippen LogP contribution is 2.51. The van der Waals surface area contributed by atoms with Crippen LogP contribution in [-0.2, 0) is 30.5 Å². The third-order valence-electron chi connectivity index (χ3n) is 8.22. The molecule has 6 atom stereocenters. The zero-order valence-corrected chi connectivity index (χ0v) is 23.6. The number of nitrogens with zero attached hydrogens (tertiary/aromatic N) is 7. The second-order valence-electron chi connectivity index (χ2n) is 10.7. The molecule has 1 aromatic heterocycles. The minimum atomic E-state index is -1.17. The zero-order chi connectivity index (χ0) is 29.4. The first-order valence-corrected chi connectivity index (χ1v) is 14.5. The molecule has 0 aromatic carbocycles. The quantitative estimate of drug-likeness (QED) is 0.213. The number of nitrogens with one attached hydrogen (secondary N) is 2. The molecule has 0 bridgehead atoms. The summed E-state index contributed by atoms with van der Waals surface area (Å²) in [5.74, 6) is -2.87. The Morgan fingerprint density at radius 3 is 2.56 bits per heavy atom. The Hall–Kier alpha value is -3.57. The molecule has 3 saturated heterocycles. The van der Waals surface area contributed by atoms with Crippen LogP contribution in [-0.4, -0.2) is 132 Å². The lowest BCUT2D eigenvalue weighted by Crippen LogP contribution is -2.66. The minimum absolute atomic E-state index is 0.0172. The van der Waals surface area contributed by atoms with Gasteiger partial charge >= 0.3 is 5.97 Å². The number of hydrogen-bond donors (Lipinski definition) is 4. The highest BCUT2D eigenvalue weighted by atomic mass is 32.2. The van der Waals surface area contributed by atoms with Crippen molar-refractivity contribution in [2.75, 3.05) is 39.3 Å². The van der Waals surface area contributed by atoms with Gasteiger partial charge in [-0.15, -0.1) is 16.9 Å². The number of amides is 4. The van der Waals surface area contributed by atoms with Crippen LogP contribution in [0.5, 0.6) is 0 Å². The average molecular weight is 591 g/mol. The molecule has 4 aliphatic heterocycles. The normalized spacial score (nSPS) is 28.4. The fourth-order valence-electron chi connectivity index (χ4n) is 6.17. The van der Waals surface area contributed by atoms with Gasteiger partial charge in [0.1, 0.15) is 18.6 Å². The predicted molar refractivity (Wildman–Crippen MR) is 143 cm³/mol. The van der Waals surface area contributed by atoms with Gasteiger partial charge in [-0.25, -0.2) is 9.48 Å². The lowest BCUT2D eigenvalue weighted by molar-refractivity contribution is -0.158. The van der Waals surface area contributed by atoms with Crippen LogP contribution in [0.1, 0.15) is 20.3 Å². The van der Waals surface area contributed by atoms with Gasteiger partial charge in [-0.1, -0.05) is 6.92 Å². The first-order chi connectivity index (χ1) is 19.6. The van der Waals surface area contributed by atoms with Crippen LogP contribution in [0.2, 0.25) is 0 Å². The summed E-state index contributed by atoms with van der Waals surface area (Å²) in [6.45, 7) is 5.77. The third-order valence-corrected chi connectivity index (χ3v) is 9.73. The zero-order valence-electron chi connectivity index (χ0n) is 22.8. The Morgan fingerprint density at radius 1 is 1.22 bits per heavy atom. The molecule has 4 aliphatic rings. The first-order valence-electron chi connectivity index (χ1n) is 13.6. The largest absolute Gasteiger partial charge is 0.477 e. The number of nitrogens with two attached hydrogens (primary N) is 1. The van der Waals surface area contributed by atoms with Crippen molar-refractivity contribution >= 4 is 41.4 Å². The van der Waals surface area contributed by atoms with Crippen molar-refractivity contribution in [3.05, 3.63) is 16.9 Å². The molecule has 0 spiro atoms. The molecule has 41 heavy (non-hydrogen) atoms. The standard InChI is InChI=1S/C24H34N10O6S/c1-12-19-18(13(2)28-16(35)10-33-11-27-29-30-33)23(38)34(19)20(24(39)40)21(12)41-14-7-15(26-9-14)22(37)32-5-3-31(4-6-32)17(36)8-25/h11-15,18-19,26H,3-10,25H2,1-2H3,(H,28,35)(H,39,40)/t12-,13-,14+,15+,18-,19-/m1/s1. The van der Waals surface area contributed by atoms with E-state index >= 15 is 0 Å². The molecular weight excluding hydrogens is 556 g/mol. The number of thioether (sulfide) groups is 1. The van der Waals surface area contributed by atoms with E-state index in [4.69, 9.17) is 5.73 Å². The van der Waals surface area contributed by atoms with Gasteiger partial charge in [-0.2, -0.15) is 0 Å². The molecule has 16 nitrogen and oxygen atoms in total. The topological polar surface area (TPSA) is 209 Å². The smallest absolute Gasteiger partial charge is 0.353 e.